The number of nitrogens with zero attached hydrogens (tertiary/aromatic N) is 3. The van der Waals surface area contributed by atoms with Gasteiger partial charge < -0.3 is 10.0 Å². The minimum Gasteiger partial charge on any atom is -0.391 e. The number of aliphatic imine (C=N–C) groups is 1. The van der Waals surface area contributed by atoms with E-state index in [-0.39, 0.29) is 16.7 Å². The van der Waals surface area contributed by atoms with Crippen LogP contribution in [-0.2, 0) is 0 Å². The second-order valence-electron chi connectivity index (χ2n) is 6.96. The van der Waals surface area contributed by atoms with Crippen LogP contribution in [0.3, 0.4) is 0 Å². The Morgan fingerprint density at radius 2 is 2.00 bits per heavy atom. The van der Waals surface area contributed by atoms with Crippen LogP contribution >= 0.6 is 11.8 Å². The van der Waals surface area contributed by atoms with Gasteiger partial charge in [0, 0.05) is 23.9 Å². The summed E-state index contributed by atoms with van der Waals surface area (Å²) in [6.45, 7) is 10.7. The molecule has 1 aliphatic heterocycles. The third-order valence-corrected chi connectivity index (χ3v) is 6.43. The van der Waals surface area contributed by atoms with E-state index in [0.717, 1.165) is 41.6 Å². The molecule has 7 heteroatoms. The Morgan fingerprint density at radius 3 is 2.54 bits per heavy atom. The van der Waals surface area contributed by atoms with Crippen LogP contribution in [0.1, 0.15) is 44.7 Å². The van der Waals surface area contributed by atoms with E-state index < -0.39 is 6.10 Å². The molecule has 26 heavy (non-hydrogen) atoms. The lowest BCUT2D eigenvalue weighted by Crippen LogP contribution is -2.43. The Hall–Kier alpha value is -1.60. The van der Waals surface area contributed by atoms with Crippen LogP contribution in [0.4, 0.5) is 11.4 Å². The van der Waals surface area contributed by atoms with Crippen molar-refractivity contribution in [3.8, 4) is 0 Å². The minimum atomic E-state index is -0.427. The minimum absolute atomic E-state index is 0.0544. The molecule has 0 aliphatic carbocycles. The molecule has 0 radical (unpaired) electrons. The predicted molar refractivity (Wildman–Crippen MR) is 108 cm³/mol. The monoisotopic (exact) mass is 379 g/mol. The van der Waals surface area contributed by atoms with Crippen LogP contribution in [0.25, 0.3) is 0 Å². The van der Waals surface area contributed by atoms with E-state index in [0.29, 0.717) is 11.5 Å². The van der Waals surface area contributed by atoms with E-state index in [1.54, 1.807) is 24.8 Å². The summed E-state index contributed by atoms with van der Waals surface area (Å²) in [6, 6.07) is 3.30. The van der Waals surface area contributed by atoms with Gasteiger partial charge in [0.15, 0.2) is 5.17 Å². The molecule has 0 unspecified atom stereocenters. The number of hydrogen-bond acceptors (Lipinski definition) is 5. The van der Waals surface area contributed by atoms with E-state index >= 15 is 0 Å². The van der Waals surface area contributed by atoms with Gasteiger partial charge in [0.05, 0.1) is 22.8 Å². The molecule has 1 aromatic carbocycles. The zero-order valence-electron chi connectivity index (χ0n) is 16.2. The fourth-order valence-corrected chi connectivity index (χ4v) is 4.54. The van der Waals surface area contributed by atoms with Crippen LogP contribution in [0.15, 0.2) is 17.1 Å². The molecule has 0 aromatic heterocycles. The number of thioether (sulfide) groups is 1. The van der Waals surface area contributed by atoms with Gasteiger partial charge in [-0.25, -0.2) is 4.99 Å². The molecular formula is C19H29N3O3S. The van der Waals surface area contributed by atoms with Crippen molar-refractivity contribution in [1.82, 2.24) is 4.90 Å². The fourth-order valence-electron chi connectivity index (χ4n) is 3.22. The molecule has 144 valence electrons. The number of hydrogen-bond donors (Lipinski definition) is 1. The SMILES string of the molecule is CCC(CC)CN1C(=Nc2ccc([N+](=O)[O-])c(C)c2C)SC[C@@H]1[C@@H](C)O. The largest absolute Gasteiger partial charge is 0.391 e. The standard InChI is InChI=1S/C19H29N3O3S/c1-6-15(7-2)10-21-18(14(5)23)11-26-19(21)20-16-8-9-17(22(24)25)13(4)12(16)3/h8-9,14-15,18,23H,6-7,10-11H2,1-5H3/t14-,18-/m1/s1. The lowest BCUT2D eigenvalue weighted by molar-refractivity contribution is -0.385. The van der Waals surface area contributed by atoms with Crippen molar-refractivity contribution in [1.29, 1.82) is 0 Å². The number of rotatable bonds is 7. The van der Waals surface area contributed by atoms with Gasteiger partial charge in [-0.05, 0) is 38.3 Å². The van der Waals surface area contributed by atoms with Gasteiger partial charge in [-0.15, -0.1) is 0 Å². The summed E-state index contributed by atoms with van der Waals surface area (Å²) >= 11 is 1.65. The number of amidine groups is 1. The average Bonchev–Trinajstić information content (AvgIpc) is 2.99. The molecule has 0 bridgehead atoms. The second-order valence-corrected chi connectivity index (χ2v) is 7.95. The maximum Gasteiger partial charge on any atom is 0.272 e. The van der Waals surface area contributed by atoms with Gasteiger partial charge in [-0.3, -0.25) is 10.1 Å². The van der Waals surface area contributed by atoms with Crippen molar-refractivity contribution in [2.75, 3.05) is 12.3 Å². The summed E-state index contributed by atoms with van der Waals surface area (Å²) < 4.78 is 0. The summed E-state index contributed by atoms with van der Waals surface area (Å²) in [5.74, 6) is 1.36. The normalized spacial score (nSPS) is 20.2. The van der Waals surface area contributed by atoms with E-state index in [9.17, 15) is 15.2 Å². The summed E-state index contributed by atoms with van der Waals surface area (Å²) in [5, 5.41) is 22.2. The van der Waals surface area contributed by atoms with Gasteiger partial charge in [-0.1, -0.05) is 38.5 Å². The first kappa shape index (κ1) is 20.7. The fraction of sp³-hybridized carbons (Fsp3) is 0.632. The highest BCUT2D eigenvalue weighted by Gasteiger charge is 2.34. The predicted octanol–water partition coefficient (Wildman–Crippen LogP) is 4.43. The summed E-state index contributed by atoms with van der Waals surface area (Å²) in [4.78, 5) is 17.8. The van der Waals surface area contributed by atoms with Gasteiger partial charge >= 0.3 is 0 Å². The number of aliphatic hydroxyl groups excluding tert-OH is 1. The van der Waals surface area contributed by atoms with Crippen LogP contribution in [0.2, 0.25) is 0 Å². The first-order chi connectivity index (χ1) is 12.3. The van der Waals surface area contributed by atoms with Crippen LogP contribution in [0.5, 0.6) is 0 Å². The molecule has 0 saturated carbocycles. The third kappa shape index (κ3) is 4.38. The quantitative estimate of drug-likeness (QED) is 0.560. The lowest BCUT2D eigenvalue weighted by atomic mass is 10.0. The Labute approximate surface area is 159 Å². The number of benzene rings is 1. The van der Waals surface area contributed by atoms with Gasteiger partial charge in [0.2, 0.25) is 0 Å². The van der Waals surface area contributed by atoms with Crippen molar-refractivity contribution in [3.05, 3.63) is 33.4 Å². The van der Waals surface area contributed by atoms with Crippen LogP contribution < -0.4 is 0 Å². The highest BCUT2D eigenvalue weighted by atomic mass is 32.2. The van der Waals surface area contributed by atoms with Crippen molar-refractivity contribution in [2.45, 2.75) is 59.6 Å². The van der Waals surface area contributed by atoms with Crippen molar-refractivity contribution < 1.29 is 10.0 Å². The van der Waals surface area contributed by atoms with E-state index in [4.69, 9.17) is 4.99 Å². The summed E-state index contributed by atoms with van der Waals surface area (Å²) in [7, 11) is 0. The first-order valence-corrected chi connectivity index (χ1v) is 10.2. The Morgan fingerprint density at radius 1 is 1.35 bits per heavy atom. The van der Waals surface area contributed by atoms with Crippen molar-refractivity contribution in [3.63, 3.8) is 0 Å². The molecule has 1 aromatic rings. The van der Waals surface area contributed by atoms with Gasteiger partial charge in [0.1, 0.15) is 0 Å². The van der Waals surface area contributed by atoms with E-state index in [1.807, 2.05) is 13.8 Å². The zero-order valence-corrected chi connectivity index (χ0v) is 17.0. The summed E-state index contributed by atoms with van der Waals surface area (Å²) in [5.41, 5.74) is 2.37. The molecule has 6 nitrogen and oxygen atoms in total. The van der Waals surface area contributed by atoms with Crippen molar-refractivity contribution >= 4 is 28.3 Å². The molecule has 1 aliphatic rings. The molecular weight excluding hydrogens is 350 g/mol. The second kappa shape index (κ2) is 8.86. The van der Waals surface area contributed by atoms with E-state index in [2.05, 4.69) is 18.7 Å². The maximum atomic E-state index is 11.1. The topological polar surface area (TPSA) is 79.0 Å². The lowest BCUT2D eigenvalue weighted by Gasteiger charge is -2.31. The molecule has 0 amide bonds. The summed E-state index contributed by atoms with van der Waals surface area (Å²) in [6.07, 6.45) is 1.75. The number of nitro groups is 1. The Bertz CT molecular complexity index is 687. The number of nitro benzene ring substituents is 1. The molecule has 1 heterocycles. The van der Waals surface area contributed by atoms with Gasteiger partial charge in [-0.2, -0.15) is 0 Å². The van der Waals surface area contributed by atoms with Crippen LogP contribution in [-0.4, -0.2) is 44.5 Å². The van der Waals surface area contributed by atoms with E-state index in [1.165, 1.54) is 6.07 Å². The molecule has 2 atom stereocenters. The van der Waals surface area contributed by atoms with Gasteiger partial charge in [0.25, 0.3) is 5.69 Å². The number of aliphatic hydroxyl groups is 1. The van der Waals surface area contributed by atoms with Crippen LogP contribution in [0, 0.1) is 29.9 Å². The smallest absolute Gasteiger partial charge is 0.272 e. The highest BCUT2D eigenvalue weighted by Crippen LogP contribution is 2.34. The third-order valence-electron chi connectivity index (χ3n) is 5.34. The Kier molecular flexibility index (Phi) is 7.06. The molecule has 2 rings (SSSR count). The Balaban J connectivity index is 2.38. The van der Waals surface area contributed by atoms with Crippen molar-refractivity contribution in [2.24, 2.45) is 10.9 Å². The maximum absolute atomic E-state index is 11.1. The average molecular weight is 380 g/mol. The molecule has 1 N–H and O–H groups in total. The molecule has 1 saturated heterocycles. The highest BCUT2D eigenvalue weighted by molar-refractivity contribution is 8.14. The first-order valence-electron chi connectivity index (χ1n) is 9.20. The molecule has 0 spiro atoms. The molecule has 1 fully saturated rings. The zero-order chi connectivity index (χ0) is 19.4.